The van der Waals surface area contributed by atoms with Gasteiger partial charge in [0.1, 0.15) is 0 Å². The van der Waals surface area contributed by atoms with Crippen LogP contribution in [0, 0.1) is 0 Å². The van der Waals surface area contributed by atoms with Crippen molar-refractivity contribution in [2.45, 2.75) is 12.8 Å². The normalized spacial score (nSPS) is 12.5. The van der Waals surface area contributed by atoms with Crippen LogP contribution < -0.4 is 34.0 Å². The first-order valence-corrected chi connectivity index (χ1v) is 14.8. The summed E-state index contributed by atoms with van der Waals surface area (Å²) in [6.07, 6.45) is 2.56. The van der Waals surface area contributed by atoms with Crippen molar-refractivity contribution in [2.24, 2.45) is 0 Å². The predicted octanol–water partition coefficient (Wildman–Crippen LogP) is 0.199. The monoisotopic (exact) mass is 656 g/mol. The second-order valence-corrected chi connectivity index (χ2v) is 12.8. The van der Waals surface area contributed by atoms with E-state index >= 15 is 0 Å². The van der Waals surface area contributed by atoms with Crippen LogP contribution >= 0.6 is 0 Å². The Kier molecular flexibility index (Phi) is 11.3. The molecule has 0 unspecified atom stereocenters. The minimum Gasteiger partial charge on any atom is -1.00 e. The molecule has 0 aliphatic carbocycles. The quantitative estimate of drug-likeness (QED) is 0.320. The van der Waals surface area contributed by atoms with Gasteiger partial charge >= 0.3 is 174 Å². The van der Waals surface area contributed by atoms with E-state index in [-0.39, 0.29) is 22.5 Å². The van der Waals surface area contributed by atoms with E-state index in [1.807, 2.05) is 0 Å². The Labute approximate surface area is 226 Å². The van der Waals surface area contributed by atoms with Gasteiger partial charge in [0.15, 0.2) is 0 Å². The number of nitrogens with zero attached hydrogens (tertiary/aromatic N) is 2. The molecule has 4 aromatic rings. The van der Waals surface area contributed by atoms with Gasteiger partial charge in [-0.25, -0.2) is 0 Å². The van der Waals surface area contributed by atoms with Crippen LogP contribution in [0.4, 0.5) is 11.4 Å². The molecular formula is C28H35BrN2O3Te. The van der Waals surface area contributed by atoms with Crippen molar-refractivity contribution < 1.29 is 30.7 Å². The summed E-state index contributed by atoms with van der Waals surface area (Å²) in [7, 11) is 8.24. The van der Waals surface area contributed by atoms with E-state index in [1.54, 1.807) is 0 Å². The number of rotatable bonds is 4. The molecule has 0 bridgehead atoms. The first-order chi connectivity index (χ1) is 16.0. The molecule has 0 radical (unpaired) electrons. The van der Waals surface area contributed by atoms with E-state index in [4.69, 9.17) is 4.74 Å². The van der Waals surface area contributed by atoms with Crippen molar-refractivity contribution in [1.29, 1.82) is 0 Å². The molecule has 3 N–H and O–H groups in total. The zero-order valence-electron chi connectivity index (χ0n) is 20.8. The summed E-state index contributed by atoms with van der Waals surface area (Å²) in [6, 6.07) is 25.3. The molecule has 1 fully saturated rings. The average Bonchev–Trinajstić information content (AvgIpc) is 3.42. The largest absolute Gasteiger partial charge is 1.00 e. The van der Waals surface area contributed by atoms with Crippen LogP contribution in [0.15, 0.2) is 72.8 Å². The summed E-state index contributed by atoms with van der Waals surface area (Å²) < 4.78 is 18.9. The SMILES string of the molecule is C1CCOC1.CN(C)c1cccc2cccc([Te+](O)c3cccc4cccc(N(C)C)c34)c12.O.[Br-]. The molecule has 35 heavy (non-hydrogen) atoms. The maximum atomic E-state index is 11.7. The van der Waals surface area contributed by atoms with Crippen LogP contribution in [0.5, 0.6) is 0 Å². The number of halogens is 1. The van der Waals surface area contributed by atoms with Gasteiger partial charge in [0.05, 0.1) is 0 Å². The van der Waals surface area contributed by atoms with Crippen molar-refractivity contribution in [3.05, 3.63) is 72.8 Å². The summed E-state index contributed by atoms with van der Waals surface area (Å²) in [5.41, 5.74) is 2.31. The molecule has 4 aromatic carbocycles. The van der Waals surface area contributed by atoms with Gasteiger partial charge in [0, 0.05) is 13.2 Å². The van der Waals surface area contributed by atoms with Crippen molar-refractivity contribution in [3.8, 4) is 0 Å². The van der Waals surface area contributed by atoms with E-state index in [2.05, 4.69) is 111 Å². The molecule has 1 heterocycles. The Balaban J connectivity index is 0.000000551. The smallest absolute Gasteiger partial charge is 0.412 e. The Morgan fingerprint density at radius 1 is 0.657 bits per heavy atom. The van der Waals surface area contributed by atoms with Crippen LogP contribution in [0.1, 0.15) is 12.8 Å². The van der Waals surface area contributed by atoms with E-state index in [0.29, 0.717) is 0 Å². The Bertz CT molecular complexity index is 1140. The van der Waals surface area contributed by atoms with E-state index < -0.39 is 20.0 Å². The van der Waals surface area contributed by atoms with Gasteiger partial charge in [0.25, 0.3) is 0 Å². The van der Waals surface area contributed by atoms with Crippen molar-refractivity contribution in [3.63, 3.8) is 0 Å². The van der Waals surface area contributed by atoms with Gasteiger partial charge in [-0.2, -0.15) is 0 Å². The number of fused-ring (bicyclic) bond motifs is 2. The number of hydrogen-bond donors (Lipinski definition) is 1. The van der Waals surface area contributed by atoms with Gasteiger partial charge in [-0.1, -0.05) is 0 Å². The number of hydrogen-bond acceptors (Lipinski definition) is 4. The topological polar surface area (TPSA) is 67.4 Å². The molecule has 0 aromatic heterocycles. The minimum atomic E-state index is -2.79. The molecule has 5 rings (SSSR count). The predicted molar refractivity (Wildman–Crippen MR) is 147 cm³/mol. The van der Waals surface area contributed by atoms with Crippen LogP contribution in [-0.4, -0.2) is 70.3 Å². The molecule has 5 nitrogen and oxygen atoms in total. The first kappa shape index (κ1) is 29.4. The maximum Gasteiger partial charge on any atom is -0.412 e. The minimum absolute atomic E-state index is 0. The molecule has 0 saturated carbocycles. The second kappa shape index (κ2) is 13.5. The van der Waals surface area contributed by atoms with Crippen molar-refractivity contribution in [1.82, 2.24) is 0 Å². The summed E-state index contributed by atoms with van der Waals surface area (Å²) in [5.74, 6) is 0. The molecule has 1 aliphatic rings. The summed E-state index contributed by atoms with van der Waals surface area (Å²) >= 11 is -2.79. The third-order valence-electron chi connectivity index (χ3n) is 5.90. The third-order valence-corrected chi connectivity index (χ3v) is 10.2. The van der Waals surface area contributed by atoms with Gasteiger partial charge in [-0.3, -0.25) is 0 Å². The number of anilines is 2. The Hall–Kier alpha value is -1.85. The molecule has 7 heteroatoms. The first-order valence-electron chi connectivity index (χ1n) is 11.4. The van der Waals surface area contributed by atoms with Crippen LogP contribution in [-0.2, 0) is 4.74 Å². The summed E-state index contributed by atoms with van der Waals surface area (Å²) in [4.78, 5) is 4.26. The van der Waals surface area contributed by atoms with E-state index in [1.165, 1.54) is 34.4 Å². The Morgan fingerprint density at radius 3 is 1.34 bits per heavy atom. The molecule has 0 amide bonds. The molecule has 0 atom stereocenters. The van der Waals surface area contributed by atoms with Crippen molar-refractivity contribution >= 4 is 60.1 Å². The van der Waals surface area contributed by atoms with Crippen LogP contribution in [0.3, 0.4) is 0 Å². The van der Waals surface area contributed by atoms with Gasteiger partial charge < -0.3 is 27.2 Å². The van der Waals surface area contributed by atoms with Gasteiger partial charge in [0.2, 0.25) is 0 Å². The molecule has 188 valence electrons. The van der Waals surface area contributed by atoms with Gasteiger partial charge in [-0.05, 0) is 12.8 Å². The maximum absolute atomic E-state index is 11.7. The molecule has 1 saturated heterocycles. The second-order valence-electron chi connectivity index (χ2n) is 8.66. The molecule has 1 aliphatic heterocycles. The average molecular weight is 655 g/mol. The third kappa shape index (κ3) is 6.48. The van der Waals surface area contributed by atoms with Crippen molar-refractivity contribution in [2.75, 3.05) is 51.2 Å². The number of ether oxygens (including phenoxy) is 1. The zero-order valence-corrected chi connectivity index (χ0v) is 24.7. The zero-order chi connectivity index (χ0) is 23.4. The molecular weight excluding hydrogens is 620 g/mol. The fourth-order valence-electron chi connectivity index (χ4n) is 4.27. The van der Waals surface area contributed by atoms with E-state index in [9.17, 15) is 3.47 Å². The number of benzene rings is 4. The standard InChI is InChI=1S/C24H25N2OTe.C4H8O.BrH.H2O/c1-25(2)19-13-5-9-17-11-7-15-21(23(17)19)28(27)22-16-8-12-18-10-6-14-20(24(18)22)26(3)4;1-2-4-5-3-1;;/h5-16,27H,1-4H3;1-4H2;1H;1H2/q+1;;;/p-1. The summed E-state index contributed by atoms with van der Waals surface area (Å²) in [5, 5.41) is 4.70. The van der Waals surface area contributed by atoms with Crippen LogP contribution in [0.2, 0.25) is 0 Å². The summed E-state index contributed by atoms with van der Waals surface area (Å²) in [6.45, 7) is 2.00. The van der Waals surface area contributed by atoms with E-state index in [0.717, 1.165) is 31.8 Å². The fraction of sp³-hybridized carbons (Fsp3) is 0.286. The Morgan fingerprint density at radius 2 is 1.03 bits per heavy atom. The molecule has 0 spiro atoms. The fourth-order valence-corrected chi connectivity index (χ4v) is 8.50. The van der Waals surface area contributed by atoms with Gasteiger partial charge in [-0.15, -0.1) is 0 Å². The van der Waals surface area contributed by atoms with Crippen LogP contribution in [0.25, 0.3) is 21.5 Å².